The van der Waals surface area contributed by atoms with Gasteiger partial charge in [-0.2, -0.15) is 0 Å². The minimum Gasteiger partial charge on any atom is -0.276 e. The van der Waals surface area contributed by atoms with E-state index in [1.54, 1.807) is 12.1 Å². The minimum absolute atomic E-state index is 0.377. The molecule has 0 unspecified atom stereocenters. The van der Waals surface area contributed by atoms with Crippen LogP contribution in [0.4, 0.5) is 5.69 Å². The maximum atomic E-state index is 10.7. The lowest BCUT2D eigenvalue weighted by atomic mass is 10.1. The van der Waals surface area contributed by atoms with Crippen molar-refractivity contribution in [2.45, 2.75) is 6.92 Å². The van der Waals surface area contributed by atoms with Crippen LogP contribution in [-0.2, 0) is 0 Å². The Balaban J connectivity index is 3.26. The zero-order valence-corrected chi connectivity index (χ0v) is 7.22. The molecule has 1 rings (SSSR count). The van der Waals surface area contributed by atoms with Crippen LogP contribution in [0.2, 0.25) is 0 Å². The fraction of sp³-hybridized carbons (Fsp3) is 0.111. The maximum absolute atomic E-state index is 10.7. The number of aryl methyl sites for hydroxylation is 1. The van der Waals surface area contributed by atoms with E-state index in [9.17, 15) is 4.79 Å². The molecular formula is C9H6ClNO. The van der Waals surface area contributed by atoms with Gasteiger partial charge in [-0.3, -0.25) is 4.79 Å². The predicted molar refractivity (Wildman–Crippen MR) is 47.6 cm³/mol. The van der Waals surface area contributed by atoms with Crippen LogP contribution in [0, 0.1) is 13.5 Å². The first-order chi connectivity index (χ1) is 5.63. The summed E-state index contributed by atoms with van der Waals surface area (Å²) in [4.78, 5) is 13.9. The molecular weight excluding hydrogens is 174 g/mol. The Hall–Kier alpha value is -1.33. The lowest BCUT2D eigenvalue weighted by Crippen LogP contribution is -1.88. The highest BCUT2D eigenvalue weighted by Gasteiger charge is 2.03. The predicted octanol–water partition coefficient (Wildman–Crippen LogP) is 2.92. The molecule has 1 aromatic rings. The molecule has 0 saturated carbocycles. The van der Waals surface area contributed by atoms with Gasteiger partial charge in [0.05, 0.1) is 6.57 Å². The first-order valence-corrected chi connectivity index (χ1v) is 3.70. The summed E-state index contributed by atoms with van der Waals surface area (Å²) in [7, 11) is 0. The molecule has 0 aliphatic carbocycles. The summed E-state index contributed by atoms with van der Waals surface area (Å²) in [5.41, 5.74) is 1.69. The van der Waals surface area contributed by atoms with E-state index in [1.165, 1.54) is 6.07 Å². The molecule has 3 heteroatoms. The molecule has 0 N–H and O–H groups in total. The molecule has 0 radical (unpaired) electrons. The Morgan fingerprint density at radius 2 is 2.17 bits per heavy atom. The number of carbonyl (C=O) groups excluding carboxylic acids is 1. The van der Waals surface area contributed by atoms with Crippen LogP contribution in [0.5, 0.6) is 0 Å². The Morgan fingerprint density at radius 1 is 1.50 bits per heavy atom. The molecule has 0 saturated heterocycles. The second kappa shape index (κ2) is 3.38. The highest BCUT2D eigenvalue weighted by molar-refractivity contribution is 6.67. The third-order valence-electron chi connectivity index (χ3n) is 1.42. The first-order valence-electron chi connectivity index (χ1n) is 3.32. The van der Waals surface area contributed by atoms with Gasteiger partial charge in [-0.25, -0.2) is 4.85 Å². The van der Waals surface area contributed by atoms with Crippen molar-refractivity contribution in [2.75, 3.05) is 0 Å². The topological polar surface area (TPSA) is 21.4 Å². The smallest absolute Gasteiger partial charge is 0.251 e. The molecule has 1 aromatic carbocycles. The van der Waals surface area contributed by atoms with Gasteiger partial charge in [-0.05, 0) is 30.7 Å². The van der Waals surface area contributed by atoms with Crippen molar-refractivity contribution in [3.63, 3.8) is 0 Å². The van der Waals surface area contributed by atoms with E-state index < -0.39 is 5.24 Å². The van der Waals surface area contributed by atoms with Crippen LogP contribution in [-0.4, -0.2) is 5.24 Å². The molecule has 60 valence electrons. The van der Waals surface area contributed by atoms with Crippen molar-refractivity contribution >= 4 is 22.5 Å². The summed E-state index contributed by atoms with van der Waals surface area (Å²) in [6, 6.07) is 4.84. The van der Waals surface area contributed by atoms with Crippen molar-refractivity contribution in [2.24, 2.45) is 0 Å². The van der Waals surface area contributed by atoms with E-state index in [2.05, 4.69) is 4.85 Å². The van der Waals surface area contributed by atoms with Gasteiger partial charge in [0.2, 0.25) is 0 Å². The standard InChI is InChI=1S/C9H6ClNO/c1-6-3-7(9(10)12)5-8(4-6)11-2/h3-5H,1H3. The molecule has 0 spiro atoms. The monoisotopic (exact) mass is 179 g/mol. The van der Waals surface area contributed by atoms with Gasteiger partial charge in [0.15, 0.2) is 5.69 Å². The summed E-state index contributed by atoms with van der Waals surface area (Å²) in [5.74, 6) is 0. The number of carbonyl (C=O) groups is 1. The van der Waals surface area contributed by atoms with E-state index in [4.69, 9.17) is 18.2 Å². The molecule has 0 aliphatic rings. The van der Waals surface area contributed by atoms with Gasteiger partial charge in [0.25, 0.3) is 5.24 Å². The van der Waals surface area contributed by atoms with Crippen LogP contribution >= 0.6 is 11.6 Å². The molecule has 0 atom stereocenters. The molecule has 0 heterocycles. The fourth-order valence-electron chi connectivity index (χ4n) is 0.941. The highest BCUT2D eigenvalue weighted by Crippen LogP contribution is 2.18. The van der Waals surface area contributed by atoms with Gasteiger partial charge in [-0.1, -0.05) is 11.6 Å². The van der Waals surface area contributed by atoms with Crippen molar-refractivity contribution in [1.82, 2.24) is 0 Å². The summed E-state index contributed by atoms with van der Waals surface area (Å²) < 4.78 is 0. The Labute approximate surface area is 75.6 Å². The number of benzene rings is 1. The normalized spacial score (nSPS) is 9.08. The minimum atomic E-state index is -0.524. The van der Waals surface area contributed by atoms with Gasteiger partial charge in [0, 0.05) is 5.56 Å². The average molecular weight is 180 g/mol. The van der Waals surface area contributed by atoms with Crippen LogP contribution in [0.25, 0.3) is 4.85 Å². The summed E-state index contributed by atoms with van der Waals surface area (Å²) >= 11 is 5.26. The summed E-state index contributed by atoms with van der Waals surface area (Å²) in [6.45, 7) is 8.57. The van der Waals surface area contributed by atoms with Gasteiger partial charge >= 0.3 is 0 Å². The molecule has 0 bridgehead atoms. The number of nitrogens with zero attached hydrogens (tertiary/aromatic N) is 1. The van der Waals surface area contributed by atoms with Gasteiger partial charge in [-0.15, -0.1) is 0 Å². The number of rotatable bonds is 1. The molecule has 0 aromatic heterocycles. The van der Waals surface area contributed by atoms with Crippen molar-refractivity contribution in [1.29, 1.82) is 0 Å². The van der Waals surface area contributed by atoms with Crippen molar-refractivity contribution in [3.8, 4) is 0 Å². The highest BCUT2D eigenvalue weighted by atomic mass is 35.5. The van der Waals surface area contributed by atoms with E-state index in [0.717, 1.165) is 5.56 Å². The van der Waals surface area contributed by atoms with Crippen LogP contribution < -0.4 is 0 Å². The zero-order chi connectivity index (χ0) is 9.14. The third-order valence-corrected chi connectivity index (χ3v) is 1.64. The largest absolute Gasteiger partial charge is 0.276 e. The molecule has 0 amide bonds. The number of halogens is 1. The fourth-order valence-corrected chi connectivity index (χ4v) is 1.05. The number of hydrogen-bond acceptors (Lipinski definition) is 1. The summed E-state index contributed by atoms with van der Waals surface area (Å²) in [6.07, 6.45) is 0. The van der Waals surface area contributed by atoms with E-state index in [1.807, 2.05) is 6.92 Å². The van der Waals surface area contributed by atoms with E-state index >= 15 is 0 Å². The second-order valence-electron chi connectivity index (χ2n) is 2.44. The van der Waals surface area contributed by atoms with Crippen molar-refractivity contribution in [3.05, 3.63) is 40.7 Å². The SMILES string of the molecule is [C-]#[N+]c1cc(C)cc(C(=O)Cl)c1. The zero-order valence-electron chi connectivity index (χ0n) is 6.47. The summed E-state index contributed by atoms with van der Waals surface area (Å²) in [5, 5.41) is -0.524. The van der Waals surface area contributed by atoms with E-state index in [0.29, 0.717) is 11.3 Å². The van der Waals surface area contributed by atoms with Gasteiger partial charge in [0.1, 0.15) is 0 Å². The molecule has 0 fully saturated rings. The number of hydrogen-bond donors (Lipinski definition) is 0. The Morgan fingerprint density at radius 3 is 2.67 bits per heavy atom. The van der Waals surface area contributed by atoms with E-state index in [-0.39, 0.29) is 0 Å². The maximum Gasteiger partial charge on any atom is 0.251 e. The quantitative estimate of drug-likeness (QED) is 0.480. The Kier molecular flexibility index (Phi) is 2.47. The van der Waals surface area contributed by atoms with Crippen LogP contribution in [0.3, 0.4) is 0 Å². The molecule has 2 nitrogen and oxygen atoms in total. The van der Waals surface area contributed by atoms with Gasteiger partial charge < -0.3 is 0 Å². The lowest BCUT2D eigenvalue weighted by Gasteiger charge is -1.97. The molecule has 0 aliphatic heterocycles. The first kappa shape index (κ1) is 8.76. The third kappa shape index (κ3) is 1.84. The van der Waals surface area contributed by atoms with Crippen molar-refractivity contribution < 1.29 is 4.79 Å². The lowest BCUT2D eigenvalue weighted by molar-refractivity contribution is 0.108. The second-order valence-corrected chi connectivity index (χ2v) is 2.79. The molecule has 12 heavy (non-hydrogen) atoms. The van der Waals surface area contributed by atoms with Crippen LogP contribution in [0.15, 0.2) is 18.2 Å². The Bertz CT molecular complexity index is 365. The average Bonchev–Trinajstić information content (AvgIpc) is 2.03. The van der Waals surface area contributed by atoms with Crippen LogP contribution in [0.1, 0.15) is 15.9 Å².